The molecule has 3 heteroatoms. The van der Waals surface area contributed by atoms with Crippen LogP contribution in [0, 0.1) is 0 Å². The lowest BCUT2D eigenvalue weighted by Crippen LogP contribution is -2.37. The van der Waals surface area contributed by atoms with E-state index in [2.05, 4.69) is 0 Å². The zero-order chi connectivity index (χ0) is 9.14. The minimum Gasteiger partial charge on any atom is -0.299 e. The topological polar surface area (TPSA) is 37.4 Å². The Bertz CT molecular complexity index is 201. The number of carbonyl (C=O) groups is 2. The average molecular weight is 169 g/mol. The molecule has 1 saturated heterocycles. The Morgan fingerprint density at radius 3 is 2.58 bits per heavy atom. The Balaban J connectivity index is 2.52. The zero-order valence-corrected chi connectivity index (χ0v) is 7.67. The monoisotopic (exact) mass is 169 g/mol. The minimum atomic E-state index is 0.00824. The van der Waals surface area contributed by atoms with E-state index in [0.29, 0.717) is 6.54 Å². The fourth-order valence-electron chi connectivity index (χ4n) is 1.76. The molecular formula is C9H15NO2. The highest BCUT2D eigenvalue weighted by Gasteiger charge is 2.28. The summed E-state index contributed by atoms with van der Waals surface area (Å²) in [6.45, 7) is 4.49. The molecule has 12 heavy (non-hydrogen) atoms. The van der Waals surface area contributed by atoms with Gasteiger partial charge in [0, 0.05) is 0 Å². The maximum atomic E-state index is 11.1. The molecule has 0 aromatic rings. The molecule has 0 spiro atoms. The van der Waals surface area contributed by atoms with Crippen LogP contribution in [0.4, 0.5) is 0 Å². The first-order chi connectivity index (χ1) is 5.61. The van der Waals surface area contributed by atoms with E-state index in [-0.39, 0.29) is 17.6 Å². The van der Waals surface area contributed by atoms with Gasteiger partial charge in [-0.2, -0.15) is 0 Å². The Morgan fingerprint density at radius 2 is 2.08 bits per heavy atom. The van der Waals surface area contributed by atoms with Crippen LogP contribution in [0.25, 0.3) is 0 Å². The summed E-state index contributed by atoms with van der Waals surface area (Å²) in [7, 11) is 0. The van der Waals surface area contributed by atoms with Crippen molar-refractivity contribution in [1.82, 2.24) is 4.90 Å². The summed E-state index contributed by atoms with van der Waals surface area (Å²) in [5.41, 5.74) is 0. The van der Waals surface area contributed by atoms with Crippen molar-refractivity contribution >= 4 is 11.6 Å². The highest BCUT2D eigenvalue weighted by atomic mass is 16.1. The van der Waals surface area contributed by atoms with Crippen LogP contribution in [0.2, 0.25) is 0 Å². The lowest BCUT2D eigenvalue weighted by Gasteiger charge is -2.20. The first-order valence-corrected chi connectivity index (χ1v) is 4.35. The van der Waals surface area contributed by atoms with Crippen LogP contribution in [0.3, 0.4) is 0 Å². The van der Waals surface area contributed by atoms with Gasteiger partial charge in [-0.15, -0.1) is 0 Å². The maximum absolute atomic E-state index is 11.1. The van der Waals surface area contributed by atoms with Crippen molar-refractivity contribution in [2.24, 2.45) is 0 Å². The number of rotatable bonds is 3. The fraction of sp³-hybridized carbons (Fsp3) is 0.778. The van der Waals surface area contributed by atoms with Gasteiger partial charge in [-0.3, -0.25) is 14.5 Å². The summed E-state index contributed by atoms with van der Waals surface area (Å²) in [4.78, 5) is 23.9. The van der Waals surface area contributed by atoms with E-state index in [4.69, 9.17) is 0 Å². The Labute approximate surface area is 72.7 Å². The zero-order valence-electron chi connectivity index (χ0n) is 7.67. The standard InChI is InChI=1S/C9H15NO2/c1-7(11)6-10-5-3-4-9(10)8(2)12/h9H,3-6H2,1-2H3. The molecule has 0 aliphatic carbocycles. The number of hydrogen-bond acceptors (Lipinski definition) is 3. The molecule has 1 aliphatic heterocycles. The molecule has 0 N–H and O–H groups in total. The van der Waals surface area contributed by atoms with Crippen LogP contribution >= 0.6 is 0 Å². The minimum absolute atomic E-state index is 0.00824. The predicted molar refractivity (Wildman–Crippen MR) is 46.0 cm³/mol. The van der Waals surface area contributed by atoms with Crippen LogP contribution in [0.15, 0.2) is 0 Å². The molecule has 0 bridgehead atoms. The van der Waals surface area contributed by atoms with Crippen molar-refractivity contribution < 1.29 is 9.59 Å². The van der Waals surface area contributed by atoms with Gasteiger partial charge in [0.1, 0.15) is 11.6 Å². The number of ketones is 2. The number of Topliss-reactive ketones (excluding diaryl/α,β-unsaturated/α-hetero) is 2. The molecule has 1 aliphatic rings. The molecule has 1 unspecified atom stereocenters. The third kappa shape index (κ3) is 2.14. The third-order valence-corrected chi connectivity index (χ3v) is 2.26. The van der Waals surface area contributed by atoms with Crippen LogP contribution in [0.1, 0.15) is 26.7 Å². The van der Waals surface area contributed by atoms with E-state index in [1.54, 1.807) is 13.8 Å². The number of carbonyl (C=O) groups excluding carboxylic acids is 2. The Kier molecular flexibility index (Phi) is 2.98. The summed E-state index contributed by atoms with van der Waals surface area (Å²) in [5.74, 6) is 0.330. The van der Waals surface area contributed by atoms with E-state index >= 15 is 0 Å². The van der Waals surface area contributed by atoms with Gasteiger partial charge in [-0.25, -0.2) is 0 Å². The normalized spacial score (nSPS) is 24.3. The van der Waals surface area contributed by atoms with Crippen LogP contribution in [-0.2, 0) is 9.59 Å². The van der Waals surface area contributed by atoms with Crippen LogP contribution in [0.5, 0.6) is 0 Å². The summed E-state index contributed by atoms with van der Waals surface area (Å²) >= 11 is 0. The van der Waals surface area contributed by atoms with Gasteiger partial charge in [-0.1, -0.05) is 0 Å². The number of likely N-dealkylation sites (tertiary alicyclic amines) is 1. The summed E-state index contributed by atoms with van der Waals surface area (Å²) in [5, 5.41) is 0. The quantitative estimate of drug-likeness (QED) is 0.621. The molecule has 1 heterocycles. The Hall–Kier alpha value is -0.700. The van der Waals surface area contributed by atoms with Crippen LogP contribution < -0.4 is 0 Å². The second kappa shape index (κ2) is 3.81. The smallest absolute Gasteiger partial charge is 0.146 e. The molecule has 3 nitrogen and oxygen atoms in total. The second-order valence-electron chi connectivity index (χ2n) is 3.44. The number of hydrogen-bond donors (Lipinski definition) is 0. The van der Waals surface area contributed by atoms with Gasteiger partial charge in [0.2, 0.25) is 0 Å². The second-order valence-corrected chi connectivity index (χ2v) is 3.44. The molecule has 0 radical (unpaired) electrons. The van der Waals surface area contributed by atoms with Gasteiger partial charge in [0.15, 0.2) is 0 Å². The molecule has 68 valence electrons. The Morgan fingerprint density at radius 1 is 1.42 bits per heavy atom. The molecule has 0 aromatic carbocycles. The van der Waals surface area contributed by atoms with Crippen molar-refractivity contribution in [2.75, 3.05) is 13.1 Å². The van der Waals surface area contributed by atoms with E-state index < -0.39 is 0 Å². The van der Waals surface area contributed by atoms with Crippen molar-refractivity contribution in [1.29, 1.82) is 0 Å². The molecule has 0 saturated carbocycles. The highest BCUT2D eigenvalue weighted by molar-refractivity contribution is 5.83. The van der Waals surface area contributed by atoms with E-state index in [0.717, 1.165) is 19.4 Å². The lowest BCUT2D eigenvalue weighted by atomic mass is 10.1. The molecule has 0 aromatic heterocycles. The predicted octanol–water partition coefficient (Wildman–Crippen LogP) is 0.629. The van der Waals surface area contributed by atoms with Crippen LogP contribution in [-0.4, -0.2) is 35.6 Å². The van der Waals surface area contributed by atoms with Crippen molar-refractivity contribution in [3.8, 4) is 0 Å². The van der Waals surface area contributed by atoms with Gasteiger partial charge in [-0.05, 0) is 33.2 Å². The molecule has 0 amide bonds. The fourth-order valence-corrected chi connectivity index (χ4v) is 1.76. The van der Waals surface area contributed by atoms with E-state index in [1.807, 2.05) is 4.90 Å². The molecule has 1 atom stereocenters. The van der Waals surface area contributed by atoms with Crippen molar-refractivity contribution in [2.45, 2.75) is 32.7 Å². The first kappa shape index (κ1) is 9.39. The summed E-state index contributed by atoms with van der Waals surface area (Å²) in [6.07, 6.45) is 1.96. The summed E-state index contributed by atoms with van der Waals surface area (Å²) < 4.78 is 0. The van der Waals surface area contributed by atoms with Gasteiger partial charge >= 0.3 is 0 Å². The largest absolute Gasteiger partial charge is 0.299 e. The van der Waals surface area contributed by atoms with Crippen molar-refractivity contribution in [3.05, 3.63) is 0 Å². The summed E-state index contributed by atoms with van der Waals surface area (Å²) in [6, 6.07) is 0.00824. The number of nitrogens with zero attached hydrogens (tertiary/aromatic N) is 1. The third-order valence-electron chi connectivity index (χ3n) is 2.26. The molecular weight excluding hydrogens is 154 g/mol. The first-order valence-electron chi connectivity index (χ1n) is 4.35. The van der Waals surface area contributed by atoms with Crippen molar-refractivity contribution in [3.63, 3.8) is 0 Å². The van der Waals surface area contributed by atoms with Gasteiger partial charge < -0.3 is 0 Å². The van der Waals surface area contributed by atoms with Gasteiger partial charge in [0.05, 0.1) is 12.6 Å². The molecule has 1 fully saturated rings. The molecule has 1 rings (SSSR count). The lowest BCUT2D eigenvalue weighted by molar-refractivity contribution is -0.123. The highest BCUT2D eigenvalue weighted by Crippen LogP contribution is 2.17. The SMILES string of the molecule is CC(=O)CN1CCCC1C(C)=O. The van der Waals surface area contributed by atoms with E-state index in [9.17, 15) is 9.59 Å². The van der Waals surface area contributed by atoms with Gasteiger partial charge in [0.25, 0.3) is 0 Å². The van der Waals surface area contributed by atoms with E-state index in [1.165, 1.54) is 0 Å². The average Bonchev–Trinajstić information content (AvgIpc) is 2.33. The maximum Gasteiger partial charge on any atom is 0.146 e.